The third kappa shape index (κ3) is 3.95. The molecule has 2 rings (SSSR count). The molecule has 0 aromatic heterocycles. The largest absolute Gasteiger partial charge is 0.394 e. The Labute approximate surface area is 151 Å². The van der Waals surface area contributed by atoms with Crippen LogP contribution in [0.25, 0.3) is 0 Å². The van der Waals surface area contributed by atoms with Gasteiger partial charge in [-0.1, -0.05) is 26.7 Å². The number of aliphatic hydroxyl groups excluding tert-OH is 2. The van der Waals surface area contributed by atoms with E-state index in [4.69, 9.17) is 15.6 Å². The summed E-state index contributed by atoms with van der Waals surface area (Å²) in [6, 6.07) is 0. The van der Waals surface area contributed by atoms with Gasteiger partial charge in [-0.15, -0.1) is 0 Å². The minimum Gasteiger partial charge on any atom is -0.394 e. The molecule has 0 bridgehead atoms. The molecule has 0 radical (unpaired) electrons. The number of carbonyl (C=O) groups is 1. The van der Waals surface area contributed by atoms with Crippen LogP contribution in [-0.2, 0) is 9.53 Å². The van der Waals surface area contributed by atoms with Crippen LogP contribution >= 0.6 is 0 Å². The van der Waals surface area contributed by atoms with E-state index in [0.717, 1.165) is 30.6 Å². The van der Waals surface area contributed by atoms with Crippen molar-refractivity contribution in [2.24, 2.45) is 16.6 Å². The first-order valence-corrected chi connectivity index (χ1v) is 8.93. The van der Waals surface area contributed by atoms with E-state index in [0.29, 0.717) is 0 Å². The molecular formula is C17H27F2N3O4. The molecule has 2 aliphatic rings. The minimum atomic E-state index is -3.64. The third-order valence-corrected chi connectivity index (χ3v) is 4.71. The number of aliphatic imine (C=N–C) groups is 1. The number of nitrogens with zero attached hydrogens (tertiary/aromatic N) is 2. The number of Topliss-reactive ketones (excluding diaryl/α,β-unsaturated/α-hetero) is 1. The fourth-order valence-corrected chi connectivity index (χ4v) is 3.31. The highest BCUT2D eigenvalue weighted by Crippen LogP contribution is 2.39. The minimum absolute atomic E-state index is 0.146. The van der Waals surface area contributed by atoms with E-state index in [2.05, 4.69) is 4.99 Å². The van der Waals surface area contributed by atoms with E-state index in [-0.39, 0.29) is 17.4 Å². The van der Waals surface area contributed by atoms with Crippen molar-refractivity contribution in [1.82, 2.24) is 4.90 Å². The lowest BCUT2D eigenvalue weighted by atomic mass is 9.91. The van der Waals surface area contributed by atoms with Gasteiger partial charge in [0.05, 0.1) is 6.61 Å². The third-order valence-electron chi connectivity index (χ3n) is 4.71. The van der Waals surface area contributed by atoms with Gasteiger partial charge in [-0.3, -0.25) is 10.5 Å². The Balaban J connectivity index is 2.15. The van der Waals surface area contributed by atoms with Crippen molar-refractivity contribution in [3.05, 3.63) is 12.3 Å². The molecular weight excluding hydrogens is 348 g/mol. The number of alkyl halides is 2. The second-order valence-electron chi connectivity index (χ2n) is 6.66. The lowest BCUT2D eigenvalue weighted by molar-refractivity contribution is -0.163. The second-order valence-corrected chi connectivity index (χ2v) is 6.66. The highest BCUT2D eigenvalue weighted by atomic mass is 19.3. The van der Waals surface area contributed by atoms with E-state index < -0.39 is 37.3 Å². The van der Waals surface area contributed by atoms with Crippen LogP contribution in [0.4, 0.5) is 8.78 Å². The molecule has 0 aromatic rings. The van der Waals surface area contributed by atoms with Gasteiger partial charge in [0.2, 0.25) is 0 Å². The maximum Gasteiger partial charge on any atom is 0.319 e. The zero-order valence-electron chi connectivity index (χ0n) is 15.0. The molecule has 0 amide bonds. The van der Waals surface area contributed by atoms with Gasteiger partial charge in [0, 0.05) is 12.1 Å². The van der Waals surface area contributed by atoms with Gasteiger partial charge >= 0.3 is 5.92 Å². The Hall–Kier alpha value is -1.42. The summed E-state index contributed by atoms with van der Waals surface area (Å²) in [5, 5.41) is 18.7. The topological polar surface area (TPSA) is 108 Å². The molecule has 7 nitrogen and oxygen atoms in total. The molecule has 0 aliphatic carbocycles. The molecule has 4 N–H and O–H groups in total. The molecule has 1 unspecified atom stereocenters. The van der Waals surface area contributed by atoms with Gasteiger partial charge in [0.1, 0.15) is 11.8 Å². The highest BCUT2D eigenvalue weighted by molar-refractivity contribution is 6.45. The predicted octanol–water partition coefficient (Wildman–Crippen LogP) is 0.998. The van der Waals surface area contributed by atoms with Gasteiger partial charge in [-0.25, -0.2) is 4.99 Å². The Bertz CT molecular complexity index is 564. The molecule has 0 spiro atoms. The van der Waals surface area contributed by atoms with E-state index >= 15 is 0 Å². The van der Waals surface area contributed by atoms with Crippen molar-refractivity contribution in [2.45, 2.75) is 70.2 Å². The van der Waals surface area contributed by atoms with Crippen molar-refractivity contribution in [3.8, 4) is 0 Å². The normalized spacial score (nSPS) is 30.8. The molecule has 0 aromatic carbocycles. The summed E-state index contributed by atoms with van der Waals surface area (Å²) in [6.45, 7) is 3.23. The summed E-state index contributed by atoms with van der Waals surface area (Å²) >= 11 is 0. The van der Waals surface area contributed by atoms with Crippen LogP contribution in [-0.4, -0.2) is 63.9 Å². The SMILES string of the molecule is CCCC(CCC)C(=O)C1=NC(N)N([C@@H]2O[C@H](CO)[C@@H](O)C2(F)F)C=C1. The van der Waals surface area contributed by atoms with Crippen LogP contribution < -0.4 is 5.73 Å². The van der Waals surface area contributed by atoms with Crippen molar-refractivity contribution >= 4 is 11.5 Å². The summed E-state index contributed by atoms with van der Waals surface area (Å²) in [7, 11) is 0. The lowest BCUT2D eigenvalue weighted by Crippen LogP contribution is -2.54. The monoisotopic (exact) mass is 375 g/mol. The first-order chi connectivity index (χ1) is 12.3. The van der Waals surface area contributed by atoms with Gasteiger partial charge in [-0.05, 0) is 18.9 Å². The Morgan fingerprint density at radius 2 is 2.04 bits per heavy atom. The van der Waals surface area contributed by atoms with E-state index in [9.17, 15) is 18.7 Å². The van der Waals surface area contributed by atoms with Crippen LogP contribution in [0.15, 0.2) is 17.3 Å². The van der Waals surface area contributed by atoms with Crippen LogP contribution in [0, 0.1) is 5.92 Å². The average Bonchev–Trinajstić information content (AvgIpc) is 2.84. The number of carbonyl (C=O) groups excluding carboxylic acids is 1. The number of hydrogen-bond acceptors (Lipinski definition) is 7. The first kappa shape index (κ1) is 20.9. The zero-order chi connectivity index (χ0) is 19.5. The number of nitrogens with two attached hydrogens (primary N) is 1. The molecule has 1 saturated heterocycles. The molecule has 4 atom stereocenters. The first-order valence-electron chi connectivity index (χ1n) is 8.93. The Morgan fingerprint density at radius 3 is 2.50 bits per heavy atom. The van der Waals surface area contributed by atoms with Crippen LogP contribution in [0.3, 0.4) is 0 Å². The fourth-order valence-electron chi connectivity index (χ4n) is 3.31. The summed E-state index contributed by atoms with van der Waals surface area (Å²) in [4.78, 5) is 17.6. The molecule has 1 fully saturated rings. The van der Waals surface area contributed by atoms with E-state index in [1.165, 1.54) is 12.3 Å². The number of allylic oxidation sites excluding steroid dienone is 1. The number of ether oxygens (including phenoxy) is 1. The number of ketones is 1. The van der Waals surface area contributed by atoms with Crippen LogP contribution in [0.5, 0.6) is 0 Å². The zero-order valence-corrected chi connectivity index (χ0v) is 15.0. The van der Waals surface area contributed by atoms with Crippen molar-refractivity contribution < 1.29 is 28.5 Å². The number of halogens is 2. The summed E-state index contributed by atoms with van der Waals surface area (Å²) < 4.78 is 33.6. The van der Waals surface area contributed by atoms with Gasteiger partial charge in [0.25, 0.3) is 0 Å². The van der Waals surface area contributed by atoms with E-state index in [1.54, 1.807) is 0 Å². The van der Waals surface area contributed by atoms with Gasteiger partial charge in [-0.2, -0.15) is 8.78 Å². The van der Waals surface area contributed by atoms with Gasteiger partial charge in [0.15, 0.2) is 24.4 Å². The maximum absolute atomic E-state index is 14.2. The molecule has 9 heteroatoms. The average molecular weight is 375 g/mol. The smallest absolute Gasteiger partial charge is 0.319 e. The quantitative estimate of drug-likeness (QED) is 0.584. The second kappa shape index (κ2) is 8.51. The van der Waals surface area contributed by atoms with Crippen LogP contribution in [0.1, 0.15) is 39.5 Å². The lowest BCUT2D eigenvalue weighted by Gasteiger charge is -2.35. The summed E-state index contributed by atoms with van der Waals surface area (Å²) in [6.07, 6.45) is -0.925. The molecule has 148 valence electrons. The molecule has 26 heavy (non-hydrogen) atoms. The summed E-state index contributed by atoms with van der Waals surface area (Å²) in [5.41, 5.74) is 6.02. The number of hydrogen-bond donors (Lipinski definition) is 3. The highest BCUT2D eigenvalue weighted by Gasteiger charge is 2.60. The van der Waals surface area contributed by atoms with Crippen molar-refractivity contribution in [2.75, 3.05) is 6.61 Å². The maximum atomic E-state index is 14.2. The predicted molar refractivity (Wildman–Crippen MR) is 91.4 cm³/mol. The fraction of sp³-hybridized carbons (Fsp3) is 0.765. The molecule has 0 saturated carbocycles. The Morgan fingerprint density at radius 1 is 1.42 bits per heavy atom. The van der Waals surface area contributed by atoms with Crippen LogP contribution in [0.2, 0.25) is 0 Å². The summed E-state index contributed by atoms with van der Waals surface area (Å²) in [5.74, 6) is -3.95. The van der Waals surface area contributed by atoms with Gasteiger partial charge < -0.3 is 19.8 Å². The van der Waals surface area contributed by atoms with Crippen molar-refractivity contribution in [3.63, 3.8) is 0 Å². The molecule has 2 heterocycles. The van der Waals surface area contributed by atoms with Crippen molar-refractivity contribution in [1.29, 1.82) is 0 Å². The standard InChI is InChI=1S/C17H27F2N3O4/c1-3-5-10(6-4-2)13(24)11-7-8-22(16(20)21-11)15-17(18,19)14(25)12(9-23)26-15/h7-8,10,12,14-16,23,25H,3-6,9,20H2,1-2H3/t12-,14-,15-,16?/m1/s1. The number of aliphatic hydroxyl groups is 2. The Kier molecular flexibility index (Phi) is 6.84. The van der Waals surface area contributed by atoms with E-state index in [1.807, 2.05) is 13.8 Å². The molecule has 2 aliphatic heterocycles. The number of rotatable bonds is 8.